The Bertz CT molecular complexity index is 558. The zero-order valence-corrected chi connectivity index (χ0v) is 17.7. The molecule has 0 saturated carbocycles. The highest BCUT2D eigenvalue weighted by molar-refractivity contribution is 5.22. The van der Waals surface area contributed by atoms with Crippen LogP contribution in [0.2, 0.25) is 0 Å². The fraction of sp³-hybridized carbons (Fsp3) is 0.739. The zero-order chi connectivity index (χ0) is 19.3. The molecule has 1 unspecified atom stereocenters. The van der Waals surface area contributed by atoms with Crippen molar-refractivity contribution in [2.45, 2.75) is 51.7 Å². The van der Waals surface area contributed by atoms with E-state index >= 15 is 0 Å². The Morgan fingerprint density at radius 1 is 0.963 bits per heavy atom. The lowest BCUT2D eigenvalue weighted by molar-refractivity contribution is 0.0714. The molecule has 0 amide bonds. The molecule has 4 heteroatoms. The fourth-order valence-corrected chi connectivity index (χ4v) is 4.36. The average molecular weight is 374 g/mol. The van der Waals surface area contributed by atoms with E-state index in [2.05, 4.69) is 46.0 Å². The standard InChI is InChI=1S/C23H39N3O/c1-23(2,27)11-10-20-6-8-21(9-7-20)17-26-12-4-5-22(19-26)18-25-15-13-24(3)14-16-25/h6-9,22,27H,4-5,10-19H2,1-3H3. The zero-order valence-electron chi connectivity index (χ0n) is 17.7. The molecule has 0 aliphatic carbocycles. The lowest BCUT2D eigenvalue weighted by atomic mass is 9.96. The first-order chi connectivity index (χ1) is 12.9. The number of likely N-dealkylation sites (tertiary alicyclic amines) is 1. The van der Waals surface area contributed by atoms with Crippen LogP contribution >= 0.6 is 0 Å². The molecule has 0 spiro atoms. The number of aliphatic hydroxyl groups is 1. The van der Waals surface area contributed by atoms with E-state index < -0.39 is 5.60 Å². The minimum atomic E-state index is -0.578. The van der Waals surface area contributed by atoms with Crippen molar-refractivity contribution in [1.82, 2.24) is 14.7 Å². The Kier molecular flexibility index (Phi) is 7.32. The molecule has 2 saturated heterocycles. The number of aryl methyl sites for hydroxylation is 1. The molecule has 0 bridgehead atoms. The molecule has 2 fully saturated rings. The van der Waals surface area contributed by atoms with E-state index in [-0.39, 0.29) is 0 Å². The van der Waals surface area contributed by atoms with Crippen molar-refractivity contribution in [3.05, 3.63) is 35.4 Å². The van der Waals surface area contributed by atoms with Gasteiger partial charge in [0.15, 0.2) is 0 Å². The predicted octanol–water partition coefficient (Wildman–Crippen LogP) is 2.85. The van der Waals surface area contributed by atoms with Gasteiger partial charge >= 0.3 is 0 Å². The monoisotopic (exact) mass is 373 g/mol. The second-order valence-electron chi connectivity index (χ2n) is 9.48. The van der Waals surface area contributed by atoms with Gasteiger partial charge in [-0.1, -0.05) is 24.3 Å². The molecule has 3 rings (SSSR count). The second-order valence-corrected chi connectivity index (χ2v) is 9.48. The Balaban J connectivity index is 1.44. The van der Waals surface area contributed by atoms with E-state index in [0.717, 1.165) is 25.3 Å². The number of rotatable bonds is 7. The number of likely N-dealkylation sites (N-methyl/N-ethyl adjacent to an activating group) is 1. The van der Waals surface area contributed by atoms with Gasteiger partial charge in [0.25, 0.3) is 0 Å². The van der Waals surface area contributed by atoms with Crippen LogP contribution in [0.3, 0.4) is 0 Å². The van der Waals surface area contributed by atoms with Crippen molar-refractivity contribution in [2.75, 3.05) is 52.9 Å². The van der Waals surface area contributed by atoms with Crippen LogP contribution in [-0.2, 0) is 13.0 Å². The van der Waals surface area contributed by atoms with Crippen LogP contribution in [-0.4, -0.2) is 78.3 Å². The minimum Gasteiger partial charge on any atom is -0.390 e. The summed E-state index contributed by atoms with van der Waals surface area (Å²) in [7, 11) is 2.23. The van der Waals surface area contributed by atoms with E-state index in [1.807, 2.05) is 13.8 Å². The molecule has 1 atom stereocenters. The van der Waals surface area contributed by atoms with Gasteiger partial charge in [0, 0.05) is 45.8 Å². The molecule has 1 N–H and O–H groups in total. The quantitative estimate of drug-likeness (QED) is 0.796. The first-order valence-corrected chi connectivity index (χ1v) is 10.8. The molecule has 4 nitrogen and oxygen atoms in total. The lowest BCUT2D eigenvalue weighted by Gasteiger charge is -2.38. The smallest absolute Gasteiger partial charge is 0.0594 e. The Morgan fingerprint density at radius 3 is 2.30 bits per heavy atom. The Hall–Kier alpha value is -0.940. The van der Waals surface area contributed by atoms with Gasteiger partial charge in [-0.25, -0.2) is 0 Å². The highest BCUT2D eigenvalue weighted by Gasteiger charge is 2.23. The minimum absolute atomic E-state index is 0.578. The molecule has 2 heterocycles. The fourth-order valence-electron chi connectivity index (χ4n) is 4.36. The summed E-state index contributed by atoms with van der Waals surface area (Å²) in [6, 6.07) is 9.05. The summed E-state index contributed by atoms with van der Waals surface area (Å²) in [5, 5.41) is 9.89. The Labute approximate surface area is 166 Å². The van der Waals surface area contributed by atoms with Crippen LogP contribution in [0.5, 0.6) is 0 Å². The maximum atomic E-state index is 9.89. The van der Waals surface area contributed by atoms with Crippen LogP contribution < -0.4 is 0 Å². The molecule has 2 aliphatic rings. The molecule has 0 radical (unpaired) electrons. The topological polar surface area (TPSA) is 30.0 Å². The summed E-state index contributed by atoms with van der Waals surface area (Å²) < 4.78 is 0. The van der Waals surface area contributed by atoms with Gasteiger partial charge in [-0.3, -0.25) is 4.90 Å². The van der Waals surface area contributed by atoms with Gasteiger partial charge in [0.05, 0.1) is 5.60 Å². The van der Waals surface area contributed by atoms with Crippen molar-refractivity contribution in [1.29, 1.82) is 0 Å². The highest BCUT2D eigenvalue weighted by Crippen LogP contribution is 2.21. The normalized spacial score (nSPS) is 23.6. The summed E-state index contributed by atoms with van der Waals surface area (Å²) in [6.07, 6.45) is 4.48. The van der Waals surface area contributed by atoms with Crippen LogP contribution in [0.15, 0.2) is 24.3 Å². The molecule has 0 aromatic heterocycles. The van der Waals surface area contributed by atoms with E-state index in [0.29, 0.717) is 0 Å². The molecule has 1 aromatic rings. The summed E-state index contributed by atoms with van der Waals surface area (Å²) >= 11 is 0. The van der Waals surface area contributed by atoms with Crippen LogP contribution in [0, 0.1) is 5.92 Å². The van der Waals surface area contributed by atoms with Crippen LogP contribution in [0.1, 0.15) is 44.2 Å². The van der Waals surface area contributed by atoms with Crippen molar-refractivity contribution in [3.8, 4) is 0 Å². The first-order valence-electron chi connectivity index (χ1n) is 10.8. The first kappa shape index (κ1) is 20.8. The third kappa shape index (κ3) is 7.19. The van der Waals surface area contributed by atoms with Crippen molar-refractivity contribution >= 4 is 0 Å². The number of hydrogen-bond donors (Lipinski definition) is 1. The van der Waals surface area contributed by atoms with Gasteiger partial charge in [-0.05, 0) is 70.2 Å². The summed E-state index contributed by atoms with van der Waals surface area (Å²) in [5.74, 6) is 0.827. The number of benzene rings is 1. The molecule has 1 aromatic carbocycles. The summed E-state index contributed by atoms with van der Waals surface area (Å²) in [5.41, 5.74) is 2.17. The van der Waals surface area contributed by atoms with Gasteiger partial charge in [0.1, 0.15) is 0 Å². The van der Waals surface area contributed by atoms with E-state index in [1.54, 1.807) is 0 Å². The van der Waals surface area contributed by atoms with Gasteiger partial charge < -0.3 is 14.9 Å². The summed E-state index contributed by atoms with van der Waals surface area (Å²) in [6.45, 7) is 13.5. The highest BCUT2D eigenvalue weighted by atomic mass is 16.3. The van der Waals surface area contributed by atoms with Gasteiger partial charge in [-0.2, -0.15) is 0 Å². The van der Waals surface area contributed by atoms with E-state index in [1.165, 1.54) is 69.8 Å². The third-order valence-corrected chi connectivity index (χ3v) is 6.17. The molecular weight excluding hydrogens is 334 g/mol. The largest absolute Gasteiger partial charge is 0.390 e. The van der Waals surface area contributed by atoms with E-state index in [4.69, 9.17) is 0 Å². The van der Waals surface area contributed by atoms with Crippen molar-refractivity contribution in [3.63, 3.8) is 0 Å². The lowest BCUT2D eigenvalue weighted by Crippen LogP contribution is -2.48. The Morgan fingerprint density at radius 2 is 1.63 bits per heavy atom. The molecule has 152 valence electrons. The second kappa shape index (κ2) is 9.51. The number of piperazine rings is 1. The van der Waals surface area contributed by atoms with Gasteiger partial charge in [-0.15, -0.1) is 0 Å². The van der Waals surface area contributed by atoms with E-state index in [9.17, 15) is 5.11 Å². The number of piperidine rings is 1. The molecule has 2 aliphatic heterocycles. The van der Waals surface area contributed by atoms with Crippen LogP contribution in [0.4, 0.5) is 0 Å². The number of hydrogen-bond acceptors (Lipinski definition) is 4. The maximum absolute atomic E-state index is 9.89. The number of nitrogens with zero attached hydrogens (tertiary/aromatic N) is 3. The van der Waals surface area contributed by atoms with Gasteiger partial charge in [0.2, 0.25) is 0 Å². The van der Waals surface area contributed by atoms with Crippen molar-refractivity contribution < 1.29 is 5.11 Å². The van der Waals surface area contributed by atoms with Crippen LogP contribution in [0.25, 0.3) is 0 Å². The third-order valence-electron chi connectivity index (χ3n) is 6.17. The maximum Gasteiger partial charge on any atom is 0.0594 e. The SMILES string of the molecule is CN1CCN(CC2CCCN(Cc3ccc(CCC(C)(C)O)cc3)C2)CC1. The average Bonchev–Trinajstić information content (AvgIpc) is 2.63. The molecular formula is C23H39N3O. The molecule has 27 heavy (non-hydrogen) atoms. The van der Waals surface area contributed by atoms with Crippen molar-refractivity contribution in [2.24, 2.45) is 5.92 Å². The summed E-state index contributed by atoms with van der Waals surface area (Å²) in [4.78, 5) is 7.76. The predicted molar refractivity (Wildman–Crippen MR) is 113 cm³/mol.